The third-order valence-corrected chi connectivity index (χ3v) is 2.74. The topological polar surface area (TPSA) is 29.3 Å². The molecule has 0 bridgehead atoms. The summed E-state index contributed by atoms with van der Waals surface area (Å²) in [6, 6.07) is 20.4. The molecule has 0 atom stereocenters. The van der Waals surface area contributed by atoms with Crippen LogP contribution in [0.25, 0.3) is 5.70 Å². The quantitative estimate of drug-likeness (QED) is 0.887. The van der Waals surface area contributed by atoms with Gasteiger partial charge in [-0.25, -0.2) is 0 Å². The molecular weight excluding hydrogens is 220 g/mol. The highest BCUT2D eigenvalue weighted by Gasteiger charge is 1.99. The fourth-order valence-electron chi connectivity index (χ4n) is 1.86. The molecule has 0 aliphatic rings. The molecule has 2 rings (SSSR count). The van der Waals surface area contributed by atoms with E-state index in [9.17, 15) is 0 Å². The van der Waals surface area contributed by atoms with E-state index in [1.807, 2.05) is 61.8 Å². The van der Waals surface area contributed by atoms with E-state index in [1.165, 1.54) is 5.56 Å². The van der Waals surface area contributed by atoms with Gasteiger partial charge in [0.15, 0.2) is 0 Å². The van der Waals surface area contributed by atoms with Crippen molar-refractivity contribution in [3.05, 3.63) is 78.0 Å². The minimum absolute atomic E-state index is 0.786. The first-order valence-corrected chi connectivity index (χ1v) is 6.02. The van der Waals surface area contributed by atoms with Crippen LogP contribution in [0.4, 0.5) is 0 Å². The van der Waals surface area contributed by atoms with Gasteiger partial charge < -0.3 is 10.6 Å². The minimum atomic E-state index is 0.786. The average molecular weight is 238 g/mol. The maximum Gasteiger partial charge on any atom is 0.0549 e. The predicted molar refractivity (Wildman–Crippen MR) is 76.5 cm³/mol. The summed E-state index contributed by atoms with van der Waals surface area (Å²) in [5.41, 5.74) is 9.18. The van der Waals surface area contributed by atoms with Crippen molar-refractivity contribution in [2.75, 3.05) is 7.05 Å². The molecule has 0 saturated carbocycles. The summed E-state index contributed by atoms with van der Waals surface area (Å²) in [5.74, 6) is 0. The third kappa shape index (κ3) is 3.39. The molecule has 2 aromatic carbocycles. The lowest BCUT2D eigenvalue weighted by atomic mass is 10.1. The molecule has 0 fully saturated rings. The maximum atomic E-state index is 6.07. The van der Waals surface area contributed by atoms with Gasteiger partial charge in [-0.2, -0.15) is 0 Å². The molecule has 0 aromatic heterocycles. The Hall–Kier alpha value is -2.22. The van der Waals surface area contributed by atoms with E-state index in [4.69, 9.17) is 5.73 Å². The minimum Gasteiger partial charge on any atom is -0.397 e. The zero-order chi connectivity index (χ0) is 12.8. The number of nitrogens with two attached hydrogens (primary N) is 1. The van der Waals surface area contributed by atoms with Crippen LogP contribution in [0.2, 0.25) is 0 Å². The van der Waals surface area contributed by atoms with Crippen molar-refractivity contribution in [3.63, 3.8) is 0 Å². The highest BCUT2D eigenvalue weighted by molar-refractivity contribution is 5.61. The van der Waals surface area contributed by atoms with Gasteiger partial charge in [-0.3, -0.25) is 0 Å². The summed E-state index contributed by atoms with van der Waals surface area (Å²) in [6.45, 7) is 0.856. The van der Waals surface area contributed by atoms with Crippen molar-refractivity contribution >= 4 is 5.70 Å². The highest BCUT2D eigenvalue weighted by Crippen LogP contribution is 2.10. The monoisotopic (exact) mass is 238 g/mol. The molecular formula is C16H18N2. The second-order valence-electron chi connectivity index (χ2n) is 4.35. The van der Waals surface area contributed by atoms with Crippen LogP contribution in [-0.4, -0.2) is 11.9 Å². The number of hydrogen-bond donors (Lipinski definition) is 1. The molecule has 2 nitrogen and oxygen atoms in total. The predicted octanol–water partition coefficient (Wildman–Crippen LogP) is 3.08. The zero-order valence-electron chi connectivity index (χ0n) is 10.6. The fourth-order valence-corrected chi connectivity index (χ4v) is 1.86. The number of rotatable bonds is 4. The lowest BCUT2D eigenvalue weighted by Crippen LogP contribution is -2.13. The number of benzene rings is 2. The standard InChI is InChI=1S/C16H18N2/c1-18(12-14-8-4-2-5-9-14)13-16(17)15-10-6-3-7-11-15/h2-11,13H,12,17H2,1H3/b16-13-. The largest absolute Gasteiger partial charge is 0.397 e. The normalized spacial score (nSPS) is 11.3. The van der Waals surface area contributed by atoms with E-state index < -0.39 is 0 Å². The van der Waals surface area contributed by atoms with Gasteiger partial charge in [-0.1, -0.05) is 60.7 Å². The van der Waals surface area contributed by atoms with Crippen molar-refractivity contribution in [2.45, 2.75) is 6.54 Å². The average Bonchev–Trinajstić information content (AvgIpc) is 2.40. The van der Waals surface area contributed by atoms with Crippen molar-refractivity contribution in [2.24, 2.45) is 5.73 Å². The Kier molecular flexibility index (Phi) is 4.02. The summed E-state index contributed by atoms with van der Waals surface area (Å²) in [4.78, 5) is 2.09. The van der Waals surface area contributed by atoms with E-state index in [-0.39, 0.29) is 0 Å². The second kappa shape index (κ2) is 5.92. The summed E-state index contributed by atoms with van der Waals surface area (Å²) < 4.78 is 0. The SMILES string of the molecule is CN(/C=C(\N)c1ccccc1)Cc1ccccc1. The Labute approximate surface area is 108 Å². The van der Waals surface area contributed by atoms with Gasteiger partial charge in [0.05, 0.1) is 5.70 Å². The highest BCUT2D eigenvalue weighted by atomic mass is 15.1. The summed E-state index contributed by atoms with van der Waals surface area (Å²) >= 11 is 0. The molecule has 0 amide bonds. The Morgan fingerprint density at radius 1 is 1.00 bits per heavy atom. The first-order valence-electron chi connectivity index (χ1n) is 6.02. The van der Waals surface area contributed by atoms with Gasteiger partial charge >= 0.3 is 0 Å². The molecule has 0 unspecified atom stereocenters. The number of hydrogen-bond acceptors (Lipinski definition) is 2. The molecule has 0 aliphatic carbocycles. The molecule has 2 N–H and O–H groups in total. The third-order valence-electron chi connectivity index (χ3n) is 2.74. The molecule has 2 aromatic rings. The summed E-state index contributed by atoms with van der Waals surface area (Å²) in [7, 11) is 2.03. The van der Waals surface area contributed by atoms with Gasteiger partial charge in [0.2, 0.25) is 0 Å². The molecule has 0 aliphatic heterocycles. The summed E-state index contributed by atoms with van der Waals surface area (Å²) in [6.07, 6.45) is 1.97. The van der Waals surface area contributed by atoms with Crippen LogP contribution in [0, 0.1) is 0 Å². The van der Waals surface area contributed by atoms with Crippen LogP contribution >= 0.6 is 0 Å². The van der Waals surface area contributed by atoms with E-state index in [0.29, 0.717) is 0 Å². The van der Waals surface area contributed by atoms with Gasteiger partial charge in [0, 0.05) is 19.8 Å². The first kappa shape index (κ1) is 12.2. The van der Waals surface area contributed by atoms with Crippen LogP contribution in [-0.2, 0) is 6.54 Å². The van der Waals surface area contributed by atoms with Crippen molar-refractivity contribution < 1.29 is 0 Å². The Bertz CT molecular complexity index is 503. The lowest BCUT2D eigenvalue weighted by Gasteiger charge is -2.15. The zero-order valence-corrected chi connectivity index (χ0v) is 10.6. The first-order chi connectivity index (χ1) is 8.75. The van der Waals surface area contributed by atoms with Gasteiger partial charge in [-0.05, 0) is 11.1 Å². The van der Waals surface area contributed by atoms with Crippen LogP contribution in [0.15, 0.2) is 66.9 Å². The van der Waals surface area contributed by atoms with Crippen molar-refractivity contribution in [3.8, 4) is 0 Å². The van der Waals surface area contributed by atoms with Crippen molar-refractivity contribution in [1.82, 2.24) is 4.90 Å². The van der Waals surface area contributed by atoms with Crippen LogP contribution < -0.4 is 5.73 Å². The van der Waals surface area contributed by atoms with Gasteiger partial charge in [0.25, 0.3) is 0 Å². The second-order valence-corrected chi connectivity index (χ2v) is 4.35. The molecule has 0 radical (unpaired) electrons. The maximum absolute atomic E-state index is 6.07. The Morgan fingerprint density at radius 2 is 1.56 bits per heavy atom. The van der Waals surface area contributed by atoms with E-state index in [0.717, 1.165) is 17.8 Å². The summed E-state index contributed by atoms with van der Waals surface area (Å²) in [5, 5.41) is 0. The molecule has 0 spiro atoms. The molecule has 0 saturated heterocycles. The Morgan fingerprint density at radius 3 is 2.17 bits per heavy atom. The molecule has 92 valence electrons. The molecule has 18 heavy (non-hydrogen) atoms. The van der Waals surface area contributed by atoms with Gasteiger partial charge in [0.1, 0.15) is 0 Å². The fraction of sp³-hybridized carbons (Fsp3) is 0.125. The smallest absolute Gasteiger partial charge is 0.0549 e. The van der Waals surface area contributed by atoms with Crippen molar-refractivity contribution in [1.29, 1.82) is 0 Å². The van der Waals surface area contributed by atoms with E-state index >= 15 is 0 Å². The number of nitrogens with zero attached hydrogens (tertiary/aromatic N) is 1. The Balaban J connectivity index is 2.04. The van der Waals surface area contributed by atoms with Crippen LogP contribution in [0.3, 0.4) is 0 Å². The molecule has 2 heteroatoms. The van der Waals surface area contributed by atoms with E-state index in [2.05, 4.69) is 17.0 Å². The van der Waals surface area contributed by atoms with E-state index in [1.54, 1.807) is 0 Å². The lowest BCUT2D eigenvalue weighted by molar-refractivity contribution is 0.452. The van der Waals surface area contributed by atoms with Gasteiger partial charge in [-0.15, -0.1) is 0 Å². The molecule has 0 heterocycles. The van der Waals surface area contributed by atoms with Crippen LogP contribution in [0.5, 0.6) is 0 Å². The van der Waals surface area contributed by atoms with Crippen LogP contribution in [0.1, 0.15) is 11.1 Å².